The number of thioether (sulfide) groups is 1. The van der Waals surface area contributed by atoms with Crippen LogP contribution in [0.5, 0.6) is 0 Å². The van der Waals surface area contributed by atoms with Gasteiger partial charge in [0, 0.05) is 68.1 Å². The van der Waals surface area contributed by atoms with Gasteiger partial charge in [0.15, 0.2) is 5.96 Å². The lowest BCUT2D eigenvalue weighted by molar-refractivity contribution is 0.312. The number of piperazine rings is 1. The summed E-state index contributed by atoms with van der Waals surface area (Å²) in [6.45, 7) is 14.6. The van der Waals surface area contributed by atoms with Gasteiger partial charge in [-0.2, -0.15) is 11.8 Å². The molecular weight excluding hydrogens is 483 g/mol. The first-order chi connectivity index (χ1) is 13.0. The molecule has 0 amide bonds. The van der Waals surface area contributed by atoms with Crippen molar-refractivity contribution in [1.29, 1.82) is 0 Å². The van der Waals surface area contributed by atoms with Gasteiger partial charge in [-0.25, -0.2) is 9.98 Å². The molecule has 3 heterocycles. The maximum absolute atomic E-state index is 4.99. The standard InChI is InChI=1S/C20H34N6S.HI/c1-5-21-19(26-13-14-27-20(2,3)16-26)23-15-17-7-6-8-22-18(17)25-11-9-24(4)10-12-25;/h6-8H,5,9-16H2,1-4H3,(H,21,23);1H. The van der Waals surface area contributed by atoms with Gasteiger partial charge in [0.25, 0.3) is 0 Å². The van der Waals surface area contributed by atoms with E-state index in [-0.39, 0.29) is 28.7 Å². The fourth-order valence-electron chi connectivity index (χ4n) is 3.64. The fourth-order valence-corrected chi connectivity index (χ4v) is 4.75. The molecule has 0 saturated carbocycles. The van der Waals surface area contributed by atoms with Gasteiger partial charge >= 0.3 is 0 Å². The summed E-state index contributed by atoms with van der Waals surface area (Å²) >= 11 is 2.05. The average molecular weight is 519 g/mol. The van der Waals surface area contributed by atoms with Crippen LogP contribution in [0.1, 0.15) is 26.3 Å². The van der Waals surface area contributed by atoms with Crippen LogP contribution < -0.4 is 10.2 Å². The van der Waals surface area contributed by atoms with Gasteiger partial charge in [0.2, 0.25) is 0 Å². The van der Waals surface area contributed by atoms with Crippen molar-refractivity contribution in [3.05, 3.63) is 23.9 Å². The maximum atomic E-state index is 4.99. The first kappa shape index (κ1) is 23.5. The molecule has 3 rings (SSSR count). The zero-order valence-corrected chi connectivity index (χ0v) is 20.8. The van der Waals surface area contributed by atoms with E-state index in [1.807, 2.05) is 12.3 Å². The minimum absolute atomic E-state index is 0. The Balaban J connectivity index is 0.00000280. The normalized spacial score (nSPS) is 20.6. The minimum atomic E-state index is 0. The van der Waals surface area contributed by atoms with Crippen LogP contribution in [0, 0.1) is 0 Å². The van der Waals surface area contributed by atoms with Crippen LogP contribution in [0.15, 0.2) is 23.3 Å². The highest BCUT2D eigenvalue weighted by Gasteiger charge is 2.28. The van der Waals surface area contributed by atoms with Gasteiger partial charge < -0.3 is 20.0 Å². The Morgan fingerprint density at radius 2 is 2.00 bits per heavy atom. The number of hydrogen-bond donors (Lipinski definition) is 1. The van der Waals surface area contributed by atoms with Gasteiger partial charge in [-0.1, -0.05) is 6.07 Å². The molecule has 0 atom stereocenters. The molecular formula is C20H35IN6S. The first-order valence-electron chi connectivity index (χ1n) is 10.0. The molecule has 0 unspecified atom stereocenters. The lowest BCUT2D eigenvalue weighted by Crippen LogP contribution is -2.51. The maximum Gasteiger partial charge on any atom is 0.194 e. The van der Waals surface area contributed by atoms with Crippen LogP contribution in [0.4, 0.5) is 5.82 Å². The van der Waals surface area contributed by atoms with Gasteiger partial charge in [-0.05, 0) is 33.9 Å². The number of aliphatic imine (C=N–C) groups is 1. The molecule has 2 aliphatic rings. The zero-order valence-electron chi connectivity index (χ0n) is 17.6. The fraction of sp³-hybridized carbons (Fsp3) is 0.700. The summed E-state index contributed by atoms with van der Waals surface area (Å²) in [5, 5.41) is 3.49. The number of rotatable bonds is 4. The molecule has 0 aromatic carbocycles. The van der Waals surface area contributed by atoms with Crippen LogP contribution in [-0.2, 0) is 6.54 Å². The molecule has 0 aliphatic carbocycles. The second-order valence-corrected chi connectivity index (χ2v) is 9.78. The van der Waals surface area contributed by atoms with Crippen molar-refractivity contribution in [2.75, 3.05) is 63.5 Å². The lowest BCUT2D eigenvalue weighted by Gasteiger charge is -2.39. The third kappa shape index (κ3) is 6.38. The molecule has 1 aromatic rings. The van der Waals surface area contributed by atoms with E-state index in [1.165, 1.54) is 5.56 Å². The van der Waals surface area contributed by atoms with E-state index < -0.39 is 0 Å². The number of aromatic nitrogens is 1. The molecule has 1 N–H and O–H groups in total. The summed E-state index contributed by atoms with van der Waals surface area (Å²) in [6, 6.07) is 4.20. The van der Waals surface area contributed by atoms with E-state index in [0.29, 0.717) is 6.54 Å². The Labute approximate surface area is 191 Å². The second-order valence-electron chi connectivity index (χ2n) is 7.98. The first-order valence-corrected chi connectivity index (χ1v) is 11.0. The number of guanidine groups is 1. The van der Waals surface area contributed by atoms with E-state index in [0.717, 1.165) is 63.3 Å². The number of anilines is 1. The van der Waals surface area contributed by atoms with Gasteiger partial charge in [-0.15, -0.1) is 24.0 Å². The van der Waals surface area contributed by atoms with Gasteiger partial charge in [0.1, 0.15) is 5.82 Å². The molecule has 0 radical (unpaired) electrons. The van der Waals surface area contributed by atoms with Crippen LogP contribution in [0.3, 0.4) is 0 Å². The number of likely N-dealkylation sites (N-methyl/N-ethyl adjacent to an activating group) is 1. The SMILES string of the molecule is CCNC(=NCc1cccnc1N1CCN(C)CC1)N1CCSC(C)(C)C1.I. The summed E-state index contributed by atoms with van der Waals surface area (Å²) < 4.78 is 0.272. The highest BCUT2D eigenvalue weighted by atomic mass is 127. The molecule has 6 nitrogen and oxygen atoms in total. The smallest absolute Gasteiger partial charge is 0.194 e. The van der Waals surface area contributed by atoms with Crippen molar-refractivity contribution in [1.82, 2.24) is 20.1 Å². The van der Waals surface area contributed by atoms with Crippen molar-refractivity contribution in [2.45, 2.75) is 32.1 Å². The predicted molar refractivity (Wildman–Crippen MR) is 132 cm³/mol. The van der Waals surface area contributed by atoms with Crippen LogP contribution in [0.2, 0.25) is 0 Å². The van der Waals surface area contributed by atoms with Crippen molar-refractivity contribution in [2.24, 2.45) is 4.99 Å². The summed E-state index contributed by atoms with van der Waals surface area (Å²) in [5.74, 6) is 3.27. The van der Waals surface area contributed by atoms with Crippen molar-refractivity contribution < 1.29 is 0 Å². The largest absolute Gasteiger partial charge is 0.357 e. The highest BCUT2D eigenvalue weighted by Crippen LogP contribution is 2.29. The molecule has 0 bridgehead atoms. The van der Waals surface area contributed by atoms with Crippen molar-refractivity contribution >= 4 is 47.5 Å². The van der Waals surface area contributed by atoms with Crippen LogP contribution in [-0.4, -0.2) is 84.1 Å². The highest BCUT2D eigenvalue weighted by molar-refractivity contribution is 14.0. The number of nitrogens with zero attached hydrogens (tertiary/aromatic N) is 5. The zero-order chi connectivity index (χ0) is 19.3. The van der Waals surface area contributed by atoms with Gasteiger partial charge in [0.05, 0.1) is 6.54 Å². The Bertz CT molecular complexity index is 645. The topological polar surface area (TPSA) is 47.0 Å². The Kier molecular flexibility index (Phi) is 9.14. The number of nitrogens with one attached hydrogen (secondary N) is 1. The third-order valence-electron chi connectivity index (χ3n) is 5.13. The quantitative estimate of drug-likeness (QED) is 0.376. The van der Waals surface area contributed by atoms with E-state index >= 15 is 0 Å². The average Bonchev–Trinajstić information content (AvgIpc) is 2.65. The molecule has 2 aliphatic heterocycles. The summed E-state index contributed by atoms with van der Waals surface area (Å²) in [6.07, 6.45) is 1.90. The van der Waals surface area contributed by atoms with Crippen molar-refractivity contribution in [3.63, 3.8) is 0 Å². The summed E-state index contributed by atoms with van der Waals surface area (Å²) in [5.41, 5.74) is 1.21. The monoisotopic (exact) mass is 518 g/mol. The number of pyridine rings is 1. The number of hydrogen-bond acceptors (Lipinski definition) is 5. The molecule has 28 heavy (non-hydrogen) atoms. The van der Waals surface area contributed by atoms with Gasteiger partial charge in [-0.3, -0.25) is 0 Å². The summed E-state index contributed by atoms with van der Waals surface area (Å²) in [4.78, 5) is 16.9. The number of halogens is 1. The van der Waals surface area contributed by atoms with Crippen molar-refractivity contribution in [3.8, 4) is 0 Å². The predicted octanol–water partition coefficient (Wildman–Crippen LogP) is 2.74. The molecule has 1 aromatic heterocycles. The van der Waals surface area contributed by atoms with E-state index in [1.54, 1.807) is 0 Å². The Hall–Kier alpha value is -0.740. The van der Waals surface area contributed by atoms with Crippen LogP contribution in [0.25, 0.3) is 0 Å². The molecule has 2 saturated heterocycles. The van der Waals surface area contributed by atoms with E-state index in [2.05, 4.69) is 70.6 Å². The van der Waals surface area contributed by atoms with E-state index in [9.17, 15) is 0 Å². The second kappa shape index (κ2) is 10.9. The minimum Gasteiger partial charge on any atom is -0.357 e. The third-order valence-corrected chi connectivity index (χ3v) is 6.43. The molecule has 0 spiro atoms. The van der Waals surface area contributed by atoms with E-state index in [4.69, 9.17) is 4.99 Å². The Morgan fingerprint density at radius 1 is 1.25 bits per heavy atom. The molecule has 2 fully saturated rings. The van der Waals surface area contributed by atoms with Crippen LogP contribution >= 0.6 is 35.7 Å². The summed E-state index contributed by atoms with van der Waals surface area (Å²) in [7, 11) is 2.18. The molecule has 158 valence electrons. The lowest BCUT2D eigenvalue weighted by atomic mass is 10.2. The molecule has 8 heteroatoms. The Morgan fingerprint density at radius 3 is 2.68 bits per heavy atom.